The van der Waals surface area contributed by atoms with Crippen LogP contribution >= 0.6 is 15.9 Å². The smallest absolute Gasteiger partial charge is 0.0419 e. The highest BCUT2D eigenvalue weighted by molar-refractivity contribution is 9.10. The molecular formula is C17H19BrN2. The zero-order chi connectivity index (χ0) is 13.9. The second-order valence-corrected chi connectivity index (χ2v) is 6.11. The molecule has 0 fully saturated rings. The molecule has 0 spiro atoms. The van der Waals surface area contributed by atoms with Crippen LogP contribution in [0.5, 0.6) is 0 Å². The number of rotatable bonds is 4. The lowest BCUT2D eigenvalue weighted by Gasteiger charge is -2.17. The van der Waals surface area contributed by atoms with Crippen molar-refractivity contribution >= 4 is 21.6 Å². The van der Waals surface area contributed by atoms with Crippen LogP contribution in [0.25, 0.3) is 0 Å². The number of para-hydroxylation sites is 1. The largest absolute Gasteiger partial charge is 0.384 e. The van der Waals surface area contributed by atoms with Gasteiger partial charge < -0.3 is 10.6 Å². The van der Waals surface area contributed by atoms with Crippen LogP contribution in [0, 0.1) is 0 Å². The third-order valence-corrected chi connectivity index (χ3v) is 4.63. The fourth-order valence-corrected chi connectivity index (χ4v) is 3.39. The summed E-state index contributed by atoms with van der Waals surface area (Å²) in [6.45, 7) is 4.15. The lowest BCUT2D eigenvalue weighted by Crippen LogP contribution is -2.19. The molecule has 0 saturated carbocycles. The molecule has 0 aliphatic carbocycles. The van der Waals surface area contributed by atoms with Gasteiger partial charge in [0.05, 0.1) is 0 Å². The molecule has 1 aliphatic heterocycles. The maximum atomic E-state index is 3.62. The standard InChI is InChI=1S/C17H19BrN2/c1-12(15-7-2-3-8-16(15)18)20-11-14-6-4-5-13-9-10-19-17(13)14/h2-8,12,19-20H,9-11H2,1H3/t12-/m1/s1. The minimum Gasteiger partial charge on any atom is -0.384 e. The van der Waals surface area contributed by atoms with Gasteiger partial charge in [-0.1, -0.05) is 52.3 Å². The van der Waals surface area contributed by atoms with E-state index >= 15 is 0 Å². The third kappa shape index (κ3) is 2.74. The van der Waals surface area contributed by atoms with Crippen molar-refractivity contribution in [1.82, 2.24) is 5.32 Å². The Hall–Kier alpha value is -1.32. The van der Waals surface area contributed by atoms with Crippen LogP contribution in [-0.2, 0) is 13.0 Å². The maximum Gasteiger partial charge on any atom is 0.0419 e. The summed E-state index contributed by atoms with van der Waals surface area (Å²) in [5, 5.41) is 7.11. The molecule has 0 radical (unpaired) electrons. The van der Waals surface area contributed by atoms with Crippen molar-refractivity contribution < 1.29 is 0 Å². The molecule has 1 atom stereocenters. The summed E-state index contributed by atoms with van der Waals surface area (Å²) in [6, 6.07) is 15.3. The van der Waals surface area contributed by atoms with Crippen LogP contribution in [0.3, 0.4) is 0 Å². The first-order valence-electron chi connectivity index (χ1n) is 7.08. The van der Waals surface area contributed by atoms with Crippen molar-refractivity contribution in [2.45, 2.75) is 25.9 Å². The normalized spacial score (nSPS) is 14.7. The number of fused-ring (bicyclic) bond motifs is 1. The molecule has 0 amide bonds. The van der Waals surface area contributed by atoms with E-state index in [2.05, 4.69) is 69.9 Å². The summed E-state index contributed by atoms with van der Waals surface area (Å²) < 4.78 is 1.16. The molecular weight excluding hydrogens is 312 g/mol. The summed E-state index contributed by atoms with van der Waals surface area (Å²) in [5.74, 6) is 0. The van der Waals surface area contributed by atoms with E-state index in [0.717, 1.165) is 24.0 Å². The maximum absolute atomic E-state index is 3.62. The van der Waals surface area contributed by atoms with E-state index in [4.69, 9.17) is 0 Å². The van der Waals surface area contributed by atoms with Crippen LogP contribution in [0.15, 0.2) is 46.9 Å². The van der Waals surface area contributed by atoms with Gasteiger partial charge in [-0.05, 0) is 36.1 Å². The van der Waals surface area contributed by atoms with Gasteiger partial charge in [0.1, 0.15) is 0 Å². The fraction of sp³-hybridized carbons (Fsp3) is 0.294. The van der Waals surface area contributed by atoms with E-state index in [9.17, 15) is 0 Å². The van der Waals surface area contributed by atoms with Crippen molar-refractivity contribution in [2.75, 3.05) is 11.9 Å². The van der Waals surface area contributed by atoms with Gasteiger partial charge in [-0.2, -0.15) is 0 Å². The fourth-order valence-electron chi connectivity index (χ4n) is 2.76. The molecule has 2 N–H and O–H groups in total. The van der Waals surface area contributed by atoms with Crippen LogP contribution in [0.4, 0.5) is 5.69 Å². The van der Waals surface area contributed by atoms with Gasteiger partial charge in [0.25, 0.3) is 0 Å². The molecule has 3 rings (SSSR count). The number of halogens is 1. The quantitative estimate of drug-likeness (QED) is 0.874. The Kier molecular flexibility index (Phi) is 4.08. The molecule has 1 aliphatic rings. The van der Waals surface area contributed by atoms with Crippen molar-refractivity contribution in [3.63, 3.8) is 0 Å². The first-order chi connectivity index (χ1) is 9.75. The van der Waals surface area contributed by atoms with E-state index in [-0.39, 0.29) is 0 Å². The average molecular weight is 331 g/mol. The summed E-state index contributed by atoms with van der Waals surface area (Å²) in [4.78, 5) is 0. The zero-order valence-electron chi connectivity index (χ0n) is 11.6. The summed E-state index contributed by atoms with van der Waals surface area (Å²) in [5.41, 5.74) is 5.43. The van der Waals surface area contributed by atoms with E-state index in [0.29, 0.717) is 6.04 Å². The van der Waals surface area contributed by atoms with Gasteiger partial charge in [-0.15, -0.1) is 0 Å². The average Bonchev–Trinajstić information content (AvgIpc) is 2.94. The van der Waals surface area contributed by atoms with E-state index in [1.54, 1.807) is 0 Å². The van der Waals surface area contributed by atoms with Crippen molar-refractivity contribution in [1.29, 1.82) is 0 Å². The van der Waals surface area contributed by atoms with Gasteiger partial charge in [-0.25, -0.2) is 0 Å². The van der Waals surface area contributed by atoms with Gasteiger partial charge >= 0.3 is 0 Å². The van der Waals surface area contributed by atoms with Crippen LogP contribution in [0.1, 0.15) is 29.7 Å². The molecule has 2 aromatic carbocycles. The van der Waals surface area contributed by atoms with Gasteiger partial charge in [-0.3, -0.25) is 0 Å². The Morgan fingerprint density at radius 2 is 2.05 bits per heavy atom. The van der Waals surface area contributed by atoms with E-state index < -0.39 is 0 Å². The Morgan fingerprint density at radius 3 is 2.90 bits per heavy atom. The molecule has 0 aromatic heterocycles. The second kappa shape index (κ2) is 5.98. The third-order valence-electron chi connectivity index (χ3n) is 3.90. The van der Waals surface area contributed by atoms with Crippen LogP contribution in [0.2, 0.25) is 0 Å². The Balaban J connectivity index is 1.71. The van der Waals surface area contributed by atoms with Crippen molar-refractivity contribution in [3.05, 3.63) is 63.6 Å². The lowest BCUT2D eigenvalue weighted by molar-refractivity contribution is 0.573. The first kappa shape index (κ1) is 13.7. The predicted octanol–water partition coefficient (Wildman–Crippen LogP) is 4.27. The Labute approximate surface area is 128 Å². The highest BCUT2D eigenvalue weighted by Crippen LogP contribution is 2.27. The number of hydrogen-bond acceptors (Lipinski definition) is 2. The highest BCUT2D eigenvalue weighted by Gasteiger charge is 2.14. The number of anilines is 1. The summed E-state index contributed by atoms with van der Waals surface area (Å²) >= 11 is 3.62. The van der Waals surface area contributed by atoms with Gasteiger partial charge in [0, 0.05) is 29.3 Å². The molecule has 2 aromatic rings. The molecule has 2 nitrogen and oxygen atoms in total. The molecule has 3 heteroatoms. The molecule has 0 saturated heterocycles. The summed E-state index contributed by atoms with van der Waals surface area (Å²) in [6.07, 6.45) is 1.14. The second-order valence-electron chi connectivity index (χ2n) is 5.25. The minimum absolute atomic E-state index is 0.322. The Bertz CT molecular complexity index is 610. The van der Waals surface area contributed by atoms with Gasteiger partial charge in [0.2, 0.25) is 0 Å². The summed E-state index contributed by atoms with van der Waals surface area (Å²) in [7, 11) is 0. The predicted molar refractivity (Wildman–Crippen MR) is 88.0 cm³/mol. The van der Waals surface area contributed by atoms with Crippen molar-refractivity contribution in [2.24, 2.45) is 0 Å². The molecule has 20 heavy (non-hydrogen) atoms. The Morgan fingerprint density at radius 1 is 1.20 bits per heavy atom. The highest BCUT2D eigenvalue weighted by atomic mass is 79.9. The van der Waals surface area contributed by atoms with Crippen LogP contribution in [-0.4, -0.2) is 6.54 Å². The van der Waals surface area contributed by atoms with Gasteiger partial charge in [0.15, 0.2) is 0 Å². The van der Waals surface area contributed by atoms with E-state index in [1.807, 2.05) is 6.07 Å². The zero-order valence-corrected chi connectivity index (χ0v) is 13.2. The molecule has 0 unspecified atom stereocenters. The molecule has 0 bridgehead atoms. The number of hydrogen-bond donors (Lipinski definition) is 2. The number of benzene rings is 2. The molecule has 104 valence electrons. The minimum atomic E-state index is 0.322. The first-order valence-corrected chi connectivity index (χ1v) is 7.87. The number of nitrogens with one attached hydrogen (secondary N) is 2. The van der Waals surface area contributed by atoms with Crippen LogP contribution < -0.4 is 10.6 Å². The van der Waals surface area contributed by atoms with E-state index in [1.165, 1.54) is 22.4 Å². The monoisotopic (exact) mass is 330 g/mol. The molecule has 1 heterocycles. The lowest BCUT2D eigenvalue weighted by atomic mass is 10.1. The topological polar surface area (TPSA) is 24.1 Å². The SMILES string of the molecule is C[C@@H](NCc1cccc2c1NCC2)c1ccccc1Br. The van der Waals surface area contributed by atoms with Crippen molar-refractivity contribution in [3.8, 4) is 0 Å².